The molecule has 1 amide bonds. The molecule has 4 rings (SSSR count). The number of benzene rings is 3. The number of fused-ring (bicyclic) bond motifs is 3. The molecule has 0 bridgehead atoms. The Morgan fingerprint density at radius 3 is 2.31 bits per heavy atom. The molecule has 5 nitrogen and oxygen atoms in total. The van der Waals surface area contributed by atoms with Crippen molar-refractivity contribution in [1.82, 2.24) is 9.80 Å². The van der Waals surface area contributed by atoms with E-state index >= 15 is 0 Å². The van der Waals surface area contributed by atoms with Gasteiger partial charge in [0.1, 0.15) is 0 Å². The third-order valence-electron chi connectivity index (χ3n) is 7.35. The second-order valence-corrected chi connectivity index (χ2v) is 10.4. The zero-order chi connectivity index (χ0) is 28.2. The van der Waals surface area contributed by atoms with Crippen molar-refractivity contribution in [2.24, 2.45) is 5.92 Å². The fourth-order valence-corrected chi connectivity index (χ4v) is 5.15. The van der Waals surface area contributed by atoms with Crippen LogP contribution >= 0.6 is 0 Å². The molecule has 0 aliphatic carbocycles. The highest BCUT2D eigenvalue weighted by molar-refractivity contribution is 6.01. The molecule has 208 valence electrons. The van der Waals surface area contributed by atoms with E-state index in [4.69, 9.17) is 4.74 Å². The maximum Gasteiger partial charge on any atom is 0.416 e. The lowest BCUT2D eigenvalue weighted by Gasteiger charge is -2.35. The number of alkyl halides is 3. The van der Waals surface area contributed by atoms with E-state index in [0.29, 0.717) is 18.7 Å². The zero-order valence-electron chi connectivity index (χ0n) is 22.5. The van der Waals surface area contributed by atoms with Crippen molar-refractivity contribution in [3.8, 4) is 11.1 Å². The predicted molar refractivity (Wildman–Crippen MR) is 145 cm³/mol. The number of ether oxygens (including phenoxy) is 1. The number of carbonyl (C=O) groups is 1. The fraction of sp³-hybridized carbons (Fsp3) is 0.387. The predicted octanol–water partition coefficient (Wildman–Crippen LogP) is 5.86. The van der Waals surface area contributed by atoms with Gasteiger partial charge in [-0.2, -0.15) is 13.2 Å². The Morgan fingerprint density at radius 1 is 1.00 bits per heavy atom. The molecule has 3 aromatic carbocycles. The molecule has 0 radical (unpaired) electrons. The zero-order valence-corrected chi connectivity index (χ0v) is 22.5. The maximum atomic E-state index is 13.9. The Hall–Kier alpha value is -3.20. The van der Waals surface area contributed by atoms with E-state index in [2.05, 4.69) is 0 Å². The monoisotopic (exact) mass is 540 g/mol. The Bertz CT molecular complexity index is 1280. The first kappa shape index (κ1) is 28.8. The van der Waals surface area contributed by atoms with Crippen LogP contribution in [0.15, 0.2) is 72.8 Å². The fourth-order valence-electron chi connectivity index (χ4n) is 5.15. The molecule has 3 aromatic rings. The summed E-state index contributed by atoms with van der Waals surface area (Å²) in [5, 5.41) is 9.98. The van der Waals surface area contributed by atoms with Gasteiger partial charge in [-0.25, -0.2) is 0 Å². The van der Waals surface area contributed by atoms with E-state index < -0.39 is 17.8 Å². The van der Waals surface area contributed by atoms with Crippen LogP contribution in [-0.4, -0.2) is 59.7 Å². The summed E-state index contributed by atoms with van der Waals surface area (Å²) in [5.41, 5.74) is 2.71. The number of aliphatic hydroxyl groups excluding tert-OH is 1. The number of likely N-dealkylation sites (N-methyl/N-ethyl adjacent to an activating group) is 1. The first-order valence-electron chi connectivity index (χ1n) is 13.1. The summed E-state index contributed by atoms with van der Waals surface area (Å²) in [5.74, 6) is -0.345. The van der Waals surface area contributed by atoms with Gasteiger partial charge in [0, 0.05) is 31.1 Å². The average molecular weight is 541 g/mol. The quantitative estimate of drug-likeness (QED) is 0.426. The Balaban J connectivity index is 1.67. The molecule has 0 fully saturated rings. The van der Waals surface area contributed by atoms with Crippen LogP contribution in [0.3, 0.4) is 0 Å². The van der Waals surface area contributed by atoms with Crippen LogP contribution in [0.4, 0.5) is 13.2 Å². The van der Waals surface area contributed by atoms with Crippen LogP contribution in [0, 0.1) is 5.92 Å². The van der Waals surface area contributed by atoms with Gasteiger partial charge in [0.2, 0.25) is 0 Å². The van der Waals surface area contributed by atoms with Gasteiger partial charge in [-0.1, -0.05) is 67.6 Å². The summed E-state index contributed by atoms with van der Waals surface area (Å²) in [6.07, 6.45) is -4.82. The molecule has 8 heteroatoms. The minimum Gasteiger partial charge on any atom is -0.394 e. The van der Waals surface area contributed by atoms with Gasteiger partial charge >= 0.3 is 6.18 Å². The van der Waals surface area contributed by atoms with Crippen LogP contribution in [0.5, 0.6) is 0 Å². The van der Waals surface area contributed by atoms with Crippen LogP contribution in [0.1, 0.15) is 40.9 Å². The number of hydrogen-bond donors (Lipinski definition) is 1. The van der Waals surface area contributed by atoms with Crippen molar-refractivity contribution in [1.29, 1.82) is 0 Å². The molecule has 1 aliphatic rings. The second kappa shape index (κ2) is 12.3. The largest absolute Gasteiger partial charge is 0.416 e. The van der Waals surface area contributed by atoms with Gasteiger partial charge in [0.15, 0.2) is 0 Å². The van der Waals surface area contributed by atoms with Crippen LogP contribution < -0.4 is 0 Å². The molecule has 3 atom stereocenters. The molecule has 0 saturated heterocycles. The van der Waals surface area contributed by atoms with Crippen LogP contribution in [0.25, 0.3) is 11.1 Å². The SMILES string of the molecule is C[C@@H]1CN([C@@H](C)CO)C(=O)c2ccccc2-c2ccccc2CO[C@H]1CN(C)Cc1ccccc1C(F)(F)F. The number of halogens is 3. The smallest absolute Gasteiger partial charge is 0.394 e. The average Bonchev–Trinajstić information content (AvgIpc) is 2.94. The molecule has 0 saturated carbocycles. The standard InChI is InChI=1S/C31H35F3N2O3/c1-21-16-36(22(2)19-37)30(38)27-14-8-7-13-26(27)25-12-6-4-11-24(25)20-39-29(21)18-35(3)17-23-10-5-9-15-28(23)31(32,33)34/h4-15,21-22,29,37H,16-20H2,1-3H3/t21-,22+,29+/m1/s1. The van der Waals surface area contributed by atoms with Crippen molar-refractivity contribution in [3.63, 3.8) is 0 Å². The topological polar surface area (TPSA) is 53.0 Å². The summed E-state index contributed by atoms with van der Waals surface area (Å²) in [7, 11) is 1.78. The van der Waals surface area contributed by atoms with Gasteiger partial charge in [-0.3, -0.25) is 9.69 Å². The minimum absolute atomic E-state index is 0.0972. The molecular formula is C31H35F3N2O3. The highest BCUT2D eigenvalue weighted by Gasteiger charge is 2.34. The van der Waals surface area contributed by atoms with Gasteiger partial charge < -0.3 is 14.7 Å². The van der Waals surface area contributed by atoms with Crippen molar-refractivity contribution in [2.75, 3.05) is 26.7 Å². The highest BCUT2D eigenvalue weighted by Crippen LogP contribution is 2.33. The highest BCUT2D eigenvalue weighted by atomic mass is 19.4. The van der Waals surface area contributed by atoms with Crippen LogP contribution in [0.2, 0.25) is 0 Å². The van der Waals surface area contributed by atoms with E-state index in [9.17, 15) is 23.1 Å². The summed E-state index contributed by atoms with van der Waals surface area (Å²) in [6.45, 7) is 4.65. The van der Waals surface area contributed by atoms with E-state index in [0.717, 1.165) is 22.8 Å². The molecule has 1 aliphatic heterocycles. The molecule has 0 spiro atoms. The van der Waals surface area contributed by atoms with Crippen molar-refractivity contribution < 1.29 is 27.8 Å². The first-order valence-corrected chi connectivity index (χ1v) is 13.1. The Morgan fingerprint density at radius 2 is 1.62 bits per heavy atom. The van der Waals surface area contributed by atoms with E-state index in [1.54, 1.807) is 31.0 Å². The normalized spacial score (nSPS) is 19.3. The van der Waals surface area contributed by atoms with Gasteiger partial charge in [0.25, 0.3) is 5.91 Å². The van der Waals surface area contributed by atoms with E-state index in [1.165, 1.54) is 12.1 Å². The van der Waals surface area contributed by atoms with Gasteiger partial charge in [-0.05, 0) is 48.4 Å². The van der Waals surface area contributed by atoms with E-state index in [1.807, 2.05) is 54.3 Å². The molecular weight excluding hydrogens is 505 g/mol. The third-order valence-corrected chi connectivity index (χ3v) is 7.35. The number of aliphatic hydroxyl groups is 1. The lowest BCUT2D eigenvalue weighted by Crippen LogP contribution is -2.47. The number of hydrogen-bond acceptors (Lipinski definition) is 4. The molecule has 1 heterocycles. The first-order chi connectivity index (χ1) is 18.6. The minimum atomic E-state index is -4.43. The summed E-state index contributed by atoms with van der Waals surface area (Å²) < 4.78 is 47.2. The Labute approximate surface area is 227 Å². The lowest BCUT2D eigenvalue weighted by molar-refractivity contribution is -0.138. The molecule has 0 aromatic heterocycles. The summed E-state index contributed by atoms with van der Waals surface area (Å²) in [4.78, 5) is 17.4. The number of rotatable bonds is 6. The maximum absolute atomic E-state index is 13.9. The van der Waals surface area contributed by atoms with Crippen LogP contribution in [-0.2, 0) is 24.1 Å². The van der Waals surface area contributed by atoms with Crippen molar-refractivity contribution in [2.45, 2.75) is 45.3 Å². The Kier molecular flexibility index (Phi) is 9.10. The lowest BCUT2D eigenvalue weighted by atomic mass is 9.94. The van der Waals surface area contributed by atoms with Gasteiger partial charge in [0.05, 0.1) is 30.9 Å². The molecule has 39 heavy (non-hydrogen) atoms. The number of amides is 1. The summed E-state index contributed by atoms with van der Waals surface area (Å²) >= 11 is 0. The van der Waals surface area contributed by atoms with Crippen molar-refractivity contribution in [3.05, 3.63) is 95.1 Å². The number of nitrogens with zero attached hydrogens (tertiary/aromatic N) is 2. The number of carbonyl (C=O) groups excluding carboxylic acids is 1. The molecule has 0 unspecified atom stereocenters. The van der Waals surface area contributed by atoms with Crippen molar-refractivity contribution >= 4 is 5.91 Å². The summed E-state index contributed by atoms with van der Waals surface area (Å²) in [6, 6.07) is 20.4. The third kappa shape index (κ3) is 6.69. The molecule has 1 N–H and O–H groups in total. The second-order valence-electron chi connectivity index (χ2n) is 10.4. The van der Waals surface area contributed by atoms with Gasteiger partial charge in [-0.15, -0.1) is 0 Å². The van der Waals surface area contributed by atoms with E-state index in [-0.39, 0.29) is 43.3 Å².